The highest BCUT2D eigenvalue weighted by Gasteiger charge is 2.35. The Bertz CT molecular complexity index is 4020. The number of halogens is 2. The molecule has 0 spiro atoms. The molecule has 0 saturated heterocycles. The first-order valence-electron chi connectivity index (χ1n) is 28.9. The highest BCUT2D eigenvalue weighted by Crippen LogP contribution is 2.54. The van der Waals surface area contributed by atoms with Crippen LogP contribution in [0, 0.1) is 22.5 Å². The van der Waals surface area contributed by atoms with Gasteiger partial charge in [-0.3, -0.25) is 4.57 Å². The van der Waals surface area contributed by atoms with Crippen LogP contribution < -0.4 is 10.6 Å². The van der Waals surface area contributed by atoms with Gasteiger partial charge in [0.25, 0.3) is 0 Å². The molecule has 11 rings (SSSR count). The second-order valence-electron chi connectivity index (χ2n) is 21.1. The van der Waals surface area contributed by atoms with Gasteiger partial charge in [0.05, 0.1) is 30.6 Å². The Hall–Kier alpha value is -9.42. The van der Waals surface area contributed by atoms with Crippen LogP contribution in [0.15, 0.2) is 267 Å². The van der Waals surface area contributed by atoms with Crippen molar-refractivity contribution in [3.8, 4) is 67.0 Å². The molecule has 11 aromatic rings. The van der Waals surface area contributed by atoms with Crippen molar-refractivity contribution >= 4 is 37.3 Å². The van der Waals surface area contributed by atoms with Crippen molar-refractivity contribution in [1.82, 2.24) is 9.13 Å². The van der Waals surface area contributed by atoms with Crippen molar-refractivity contribution in [2.24, 2.45) is 0 Å². The zero-order valence-electron chi connectivity index (χ0n) is 50.3. The highest BCUT2D eigenvalue weighted by molar-refractivity contribution is 7.77. The third-order valence-corrected chi connectivity index (χ3v) is 18.9. The molecule has 0 aliphatic carbocycles. The Morgan fingerprint density at radius 2 is 0.648 bits per heavy atom. The van der Waals surface area contributed by atoms with Gasteiger partial charge in [0.1, 0.15) is 11.6 Å². The second-order valence-corrected chi connectivity index (χ2v) is 26.5. The molecule has 9 nitrogen and oxygen atoms in total. The summed E-state index contributed by atoms with van der Waals surface area (Å²) in [6.45, 7) is 12.6. The molecule has 0 saturated carbocycles. The average Bonchev–Trinajstić information content (AvgIpc) is 1.93. The molecule has 88 heavy (non-hydrogen) atoms. The molecular formula is C75H72F2N4O5P2. The molecule has 0 aliphatic heterocycles. The molecule has 1 atom stereocenters. The Morgan fingerprint density at radius 1 is 0.398 bits per heavy atom. The van der Waals surface area contributed by atoms with E-state index in [4.69, 9.17) is 24.9 Å². The first kappa shape index (κ1) is 66.1. The number of nitrogens with zero attached hydrogens (tertiary/aromatic N) is 2. The number of nitrogens with one attached hydrogen (secondary N) is 2. The number of aromatic nitrogens is 2. The van der Waals surface area contributed by atoms with Gasteiger partial charge >= 0.3 is 0 Å². The van der Waals surface area contributed by atoms with Crippen LogP contribution in [0.5, 0.6) is 0 Å². The molecule has 9 aromatic carbocycles. The summed E-state index contributed by atoms with van der Waals surface area (Å²) in [6.07, 6.45) is 2.02. The van der Waals surface area contributed by atoms with E-state index in [-0.39, 0.29) is 36.0 Å². The van der Waals surface area contributed by atoms with Gasteiger partial charge in [0, 0.05) is 50.9 Å². The number of isocyanates is 2. The molecule has 2 heterocycles. The second kappa shape index (κ2) is 32.4. The van der Waals surface area contributed by atoms with Gasteiger partial charge in [-0.1, -0.05) is 246 Å². The largest absolute Gasteiger partial charge is 0.335 e. The van der Waals surface area contributed by atoms with Gasteiger partial charge < -0.3 is 18.2 Å². The lowest BCUT2D eigenvalue weighted by molar-refractivity contribution is 0.331. The van der Waals surface area contributed by atoms with Crippen LogP contribution >= 0.6 is 14.5 Å². The first-order chi connectivity index (χ1) is 42.6. The minimum absolute atomic E-state index is 0.108. The monoisotopic (exact) mass is 1210 g/mol. The molecule has 0 bridgehead atoms. The first-order valence-corrected chi connectivity index (χ1v) is 33.0. The van der Waals surface area contributed by atoms with Crippen molar-refractivity contribution in [2.45, 2.75) is 59.0 Å². The van der Waals surface area contributed by atoms with E-state index in [2.05, 4.69) is 97.5 Å². The lowest BCUT2D eigenvalue weighted by Crippen LogP contribution is -2.21. The molecule has 2 N–H and O–H groups in total. The molecule has 1 unspecified atom stereocenters. The molecule has 2 aromatic heterocycles. The summed E-state index contributed by atoms with van der Waals surface area (Å²) in [7, 11) is -6.11. The molecule has 0 radical (unpaired) electrons. The number of carbonyl (C=O) groups excluding carboxylic acids is 2. The lowest BCUT2D eigenvalue weighted by atomic mass is 9.91. The maximum absolute atomic E-state index is 15.5. The van der Waals surface area contributed by atoms with E-state index in [1.807, 2.05) is 177 Å². The van der Waals surface area contributed by atoms with E-state index in [1.54, 1.807) is 18.8 Å². The summed E-state index contributed by atoms with van der Waals surface area (Å²) in [5, 5.41) is 12.4. The summed E-state index contributed by atoms with van der Waals surface area (Å²) in [5.41, 5.74) is 14.5. The van der Waals surface area contributed by atoms with Crippen molar-refractivity contribution < 1.29 is 32.0 Å². The van der Waals surface area contributed by atoms with Crippen LogP contribution in [-0.4, -0.2) is 34.6 Å². The van der Waals surface area contributed by atoms with Gasteiger partial charge in [-0.15, -0.1) is 0 Å². The number of hydrogen-bond acceptors (Lipinski definition) is 7. The predicted molar refractivity (Wildman–Crippen MR) is 358 cm³/mol. The Balaban J connectivity index is 0.000000215. The van der Waals surface area contributed by atoms with Crippen molar-refractivity contribution in [3.63, 3.8) is 0 Å². The van der Waals surface area contributed by atoms with Crippen LogP contribution in [0.2, 0.25) is 0 Å². The van der Waals surface area contributed by atoms with E-state index < -0.39 is 14.5 Å². The fourth-order valence-corrected chi connectivity index (χ4v) is 15.0. The summed E-state index contributed by atoms with van der Waals surface area (Å²) in [5.74, 6) is -0.318. The van der Waals surface area contributed by atoms with E-state index in [0.717, 1.165) is 101 Å². The zero-order valence-corrected chi connectivity index (χ0v) is 52.1. The van der Waals surface area contributed by atoms with E-state index in [9.17, 15) is 13.3 Å². The van der Waals surface area contributed by atoms with E-state index in [0.29, 0.717) is 6.61 Å². The highest BCUT2D eigenvalue weighted by atomic mass is 31.2. The quantitative estimate of drug-likeness (QED) is 0.0564. The smallest absolute Gasteiger partial charge is 0.231 e. The lowest BCUT2D eigenvalue weighted by Gasteiger charge is -2.25. The number of hydrogen-bond donors (Lipinski definition) is 2. The number of benzene rings is 9. The Labute approximate surface area is 515 Å². The molecule has 0 aliphatic rings. The van der Waals surface area contributed by atoms with Crippen molar-refractivity contribution in [1.29, 1.82) is 10.8 Å². The summed E-state index contributed by atoms with van der Waals surface area (Å²) in [6, 6.07) is 86.2. The van der Waals surface area contributed by atoms with Crippen LogP contribution in [0.1, 0.15) is 57.8 Å². The fourth-order valence-electron chi connectivity index (χ4n) is 11.0. The summed E-state index contributed by atoms with van der Waals surface area (Å²) in [4.78, 5) is 16.7. The standard InChI is InChI=1S/C38H33FNOP.C29H31FNO2P.C6H6.2CHNO/c1-28(2)37-35(29-15-7-3-8-16-29)36(30-17-9-4-10-18-30)38(31-23-25-32(39)26-24-31)40(37)27-42(41,33-19-11-5-12-20-33)34-21-13-6-14-22-34;1-5-33-34(4,32)20-31-28(21(2)3)26(22-12-8-6-9-13-22)27(23-14-10-7-11-15-23)29(31)24-16-18-25(30)19-17-24;1-2-4-6-5-3-1;2*2-1-3/h3-26,28H,27H2,1-2H3;6-19,21H,5,20H2,1-4H3;1-6H;2*2H. The Morgan fingerprint density at radius 3 is 0.920 bits per heavy atom. The molecule has 446 valence electrons. The van der Waals surface area contributed by atoms with Crippen LogP contribution in [-0.2, 0) is 35.8 Å². The molecule has 0 fully saturated rings. The third kappa shape index (κ3) is 16.5. The normalized spacial score (nSPS) is 11.4. The van der Waals surface area contributed by atoms with Crippen LogP contribution in [0.4, 0.5) is 8.78 Å². The van der Waals surface area contributed by atoms with E-state index in [1.165, 1.54) is 24.3 Å². The predicted octanol–water partition coefficient (Wildman–Crippen LogP) is 19.9. The number of rotatable bonds is 16. The van der Waals surface area contributed by atoms with Gasteiger partial charge in [-0.05, 0) is 101 Å². The minimum atomic E-state index is -3.17. The fraction of sp³-hybridized carbons (Fsp3) is 0.147. The topological polar surface area (TPSA) is 135 Å². The molecule has 13 heteroatoms. The van der Waals surface area contributed by atoms with Gasteiger partial charge in [-0.2, -0.15) is 0 Å². The Kier molecular flexibility index (Phi) is 24.3. The summed E-state index contributed by atoms with van der Waals surface area (Å²) < 4.78 is 67.3. The van der Waals surface area contributed by atoms with E-state index >= 15 is 4.57 Å². The van der Waals surface area contributed by atoms with Gasteiger partial charge in [0.2, 0.25) is 19.5 Å². The third-order valence-electron chi connectivity index (χ3n) is 14.3. The zero-order chi connectivity index (χ0) is 63.1. The maximum Gasteiger partial charge on any atom is 0.231 e. The van der Waals surface area contributed by atoms with Gasteiger partial charge in [-0.25, -0.2) is 29.2 Å². The average molecular weight is 1210 g/mol. The SMILES string of the molecule is CC(C)c1c(-c2ccccc2)c(-c2ccccc2)c(-c2ccc(F)cc2)n1CP(=O)(c1ccccc1)c1ccccc1.CCOP(C)(=O)Cn1c(-c2ccc(F)cc2)c(-c2ccccc2)c(-c2ccccc2)c1C(C)C.N=C=O.N=C=O.c1ccccc1. The maximum atomic E-state index is 15.5. The van der Waals surface area contributed by atoms with Gasteiger partial charge in [0.15, 0.2) is 7.14 Å². The molecule has 0 amide bonds. The van der Waals surface area contributed by atoms with Crippen LogP contribution in [0.25, 0.3) is 67.0 Å². The molecular weight excluding hydrogens is 1140 g/mol. The minimum Gasteiger partial charge on any atom is -0.335 e. The van der Waals surface area contributed by atoms with Crippen molar-refractivity contribution in [2.75, 3.05) is 13.3 Å². The summed E-state index contributed by atoms with van der Waals surface area (Å²) >= 11 is 0. The van der Waals surface area contributed by atoms with Crippen molar-refractivity contribution in [3.05, 3.63) is 290 Å². The van der Waals surface area contributed by atoms with Crippen LogP contribution in [0.3, 0.4) is 0 Å².